The van der Waals surface area contributed by atoms with Gasteiger partial charge in [-0.15, -0.1) is 0 Å². The Morgan fingerprint density at radius 2 is 1.75 bits per heavy atom. The number of nitrogens with zero attached hydrogens (tertiary/aromatic N) is 2. The molecule has 0 spiro atoms. The number of rotatable bonds is 7. The molecule has 0 aromatic heterocycles. The fraction of sp³-hybridized carbons (Fsp3) is 0.650. The highest BCUT2D eigenvalue weighted by atomic mass is 19.4. The average Bonchev–Trinajstić information content (AvgIpc) is 2.60. The molecule has 2 N–H and O–H groups in total. The Morgan fingerprint density at radius 1 is 1.07 bits per heavy atom. The number of carbonyl (C=O) groups is 1. The Morgan fingerprint density at radius 3 is 2.36 bits per heavy atom. The van der Waals surface area contributed by atoms with E-state index in [0.29, 0.717) is 45.0 Å². The number of hydrogen-bond acceptors (Lipinski definition) is 4. The van der Waals surface area contributed by atoms with Crippen LogP contribution in [0.25, 0.3) is 0 Å². The summed E-state index contributed by atoms with van der Waals surface area (Å²) in [7, 11) is 0. The number of hydrogen-bond donors (Lipinski definition) is 2. The van der Waals surface area contributed by atoms with Gasteiger partial charge >= 0.3 is 6.18 Å². The van der Waals surface area contributed by atoms with E-state index < -0.39 is 11.7 Å². The first-order valence-corrected chi connectivity index (χ1v) is 9.71. The van der Waals surface area contributed by atoms with Gasteiger partial charge in [-0.2, -0.15) is 13.2 Å². The zero-order chi connectivity index (χ0) is 20.8. The highest BCUT2D eigenvalue weighted by Gasteiger charge is 2.31. The van der Waals surface area contributed by atoms with Crippen molar-refractivity contribution < 1.29 is 18.0 Å². The van der Waals surface area contributed by atoms with Gasteiger partial charge in [-0.05, 0) is 51.9 Å². The van der Waals surface area contributed by atoms with Gasteiger partial charge in [0, 0.05) is 44.0 Å². The summed E-state index contributed by atoms with van der Waals surface area (Å²) in [6.07, 6.45) is -3.47. The molecule has 1 aliphatic rings. The Balaban J connectivity index is 1.70. The quantitative estimate of drug-likeness (QED) is 0.691. The maximum absolute atomic E-state index is 12.9. The minimum Gasteiger partial charge on any atom is -0.369 e. The molecule has 1 amide bonds. The molecule has 1 saturated heterocycles. The number of piperazine rings is 1. The topological polar surface area (TPSA) is 47.6 Å². The summed E-state index contributed by atoms with van der Waals surface area (Å²) in [6.45, 7) is 10.6. The molecular formula is C20H31F3N4O. The van der Waals surface area contributed by atoms with Crippen molar-refractivity contribution in [1.29, 1.82) is 0 Å². The molecule has 5 nitrogen and oxygen atoms in total. The Kier molecular flexibility index (Phi) is 7.71. The third-order valence-corrected chi connectivity index (χ3v) is 4.61. The predicted molar refractivity (Wildman–Crippen MR) is 105 cm³/mol. The third kappa shape index (κ3) is 7.67. The molecule has 1 aromatic carbocycles. The number of carbonyl (C=O) groups excluding carboxylic acids is 1. The first kappa shape index (κ1) is 22.5. The summed E-state index contributed by atoms with van der Waals surface area (Å²) in [5.41, 5.74) is 0.0153. The van der Waals surface area contributed by atoms with Crippen LogP contribution in [0.4, 0.5) is 18.9 Å². The summed E-state index contributed by atoms with van der Waals surface area (Å²) in [4.78, 5) is 16.0. The highest BCUT2D eigenvalue weighted by Crippen LogP contribution is 2.31. The Bertz CT molecular complexity index is 635. The number of benzene rings is 1. The van der Waals surface area contributed by atoms with Crippen molar-refractivity contribution in [2.45, 2.75) is 38.9 Å². The van der Waals surface area contributed by atoms with Gasteiger partial charge < -0.3 is 15.5 Å². The van der Waals surface area contributed by atoms with Crippen LogP contribution in [-0.4, -0.2) is 62.2 Å². The van der Waals surface area contributed by atoms with Crippen LogP contribution in [0.2, 0.25) is 0 Å². The monoisotopic (exact) mass is 400 g/mol. The van der Waals surface area contributed by atoms with Crippen molar-refractivity contribution in [3.63, 3.8) is 0 Å². The van der Waals surface area contributed by atoms with E-state index in [1.54, 1.807) is 6.07 Å². The van der Waals surface area contributed by atoms with E-state index in [1.807, 2.05) is 9.80 Å². The fourth-order valence-corrected chi connectivity index (χ4v) is 3.08. The first-order chi connectivity index (χ1) is 13.0. The van der Waals surface area contributed by atoms with Crippen molar-refractivity contribution in [1.82, 2.24) is 15.5 Å². The zero-order valence-electron chi connectivity index (χ0n) is 16.9. The average molecular weight is 400 g/mol. The van der Waals surface area contributed by atoms with Crippen LogP contribution in [-0.2, 0) is 11.0 Å². The molecule has 8 heteroatoms. The molecule has 158 valence electrons. The van der Waals surface area contributed by atoms with Crippen LogP contribution < -0.4 is 15.5 Å². The molecular weight excluding hydrogens is 369 g/mol. The minimum atomic E-state index is -4.33. The van der Waals surface area contributed by atoms with E-state index in [0.717, 1.165) is 19.0 Å². The molecule has 1 aliphatic heterocycles. The van der Waals surface area contributed by atoms with Gasteiger partial charge in [-0.3, -0.25) is 9.69 Å². The van der Waals surface area contributed by atoms with Crippen LogP contribution in [0.3, 0.4) is 0 Å². The lowest BCUT2D eigenvalue weighted by molar-refractivity contribution is -0.137. The molecule has 28 heavy (non-hydrogen) atoms. The van der Waals surface area contributed by atoms with Crippen LogP contribution >= 0.6 is 0 Å². The van der Waals surface area contributed by atoms with Gasteiger partial charge in [-0.1, -0.05) is 6.07 Å². The van der Waals surface area contributed by atoms with Crippen molar-refractivity contribution in [3.05, 3.63) is 29.8 Å². The van der Waals surface area contributed by atoms with E-state index >= 15 is 0 Å². The standard InChI is InChI=1S/C20H31F3N4O/c1-19(2,3)25-9-5-8-24-18(28)15-26-10-12-27(13-11-26)17-7-4-6-16(14-17)20(21,22)23/h4,6-7,14,25H,5,8-13,15H2,1-3H3,(H,24,28). The maximum Gasteiger partial charge on any atom is 0.416 e. The van der Waals surface area contributed by atoms with Crippen LogP contribution in [0, 0.1) is 0 Å². The summed E-state index contributed by atoms with van der Waals surface area (Å²) in [5.74, 6) is -0.0109. The number of nitrogens with one attached hydrogen (secondary N) is 2. The summed E-state index contributed by atoms with van der Waals surface area (Å²) >= 11 is 0. The van der Waals surface area contributed by atoms with Gasteiger partial charge in [0.25, 0.3) is 0 Å². The molecule has 0 saturated carbocycles. The van der Waals surface area contributed by atoms with Crippen molar-refractivity contribution in [2.75, 3.05) is 50.7 Å². The molecule has 1 heterocycles. The minimum absolute atomic E-state index is 0.0109. The van der Waals surface area contributed by atoms with Crippen LogP contribution in [0.1, 0.15) is 32.8 Å². The Labute approximate surface area is 165 Å². The van der Waals surface area contributed by atoms with E-state index in [9.17, 15) is 18.0 Å². The highest BCUT2D eigenvalue weighted by molar-refractivity contribution is 5.78. The molecule has 1 aromatic rings. The van der Waals surface area contributed by atoms with E-state index in [4.69, 9.17) is 0 Å². The fourth-order valence-electron chi connectivity index (χ4n) is 3.08. The molecule has 1 fully saturated rings. The lowest BCUT2D eigenvalue weighted by atomic mass is 10.1. The number of anilines is 1. The van der Waals surface area contributed by atoms with E-state index in [1.165, 1.54) is 12.1 Å². The lowest BCUT2D eigenvalue weighted by Gasteiger charge is -2.36. The summed E-state index contributed by atoms with van der Waals surface area (Å²) in [5, 5.41) is 6.30. The Hall–Kier alpha value is -1.80. The van der Waals surface area contributed by atoms with Crippen LogP contribution in [0.5, 0.6) is 0 Å². The molecule has 0 aliphatic carbocycles. The predicted octanol–water partition coefficient (Wildman–Crippen LogP) is 2.72. The SMILES string of the molecule is CC(C)(C)NCCCNC(=O)CN1CCN(c2cccc(C(F)(F)F)c2)CC1. The van der Waals surface area contributed by atoms with Crippen molar-refractivity contribution in [3.8, 4) is 0 Å². The second kappa shape index (κ2) is 9.60. The lowest BCUT2D eigenvalue weighted by Crippen LogP contribution is -2.49. The largest absolute Gasteiger partial charge is 0.416 e. The smallest absolute Gasteiger partial charge is 0.369 e. The van der Waals surface area contributed by atoms with Gasteiger partial charge in [0.15, 0.2) is 0 Å². The van der Waals surface area contributed by atoms with Crippen LogP contribution in [0.15, 0.2) is 24.3 Å². The molecule has 0 atom stereocenters. The molecule has 2 rings (SSSR count). The maximum atomic E-state index is 12.9. The number of amides is 1. The van der Waals surface area contributed by atoms with Gasteiger partial charge in [-0.25, -0.2) is 0 Å². The summed E-state index contributed by atoms with van der Waals surface area (Å²) < 4.78 is 38.6. The van der Waals surface area contributed by atoms with Gasteiger partial charge in [0.2, 0.25) is 5.91 Å². The molecule has 0 bridgehead atoms. The van der Waals surface area contributed by atoms with E-state index in [-0.39, 0.29) is 11.4 Å². The second-order valence-electron chi connectivity index (χ2n) is 8.19. The normalized spacial score (nSPS) is 16.3. The number of halogens is 3. The van der Waals surface area contributed by atoms with E-state index in [2.05, 4.69) is 31.4 Å². The zero-order valence-corrected chi connectivity index (χ0v) is 16.9. The number of alkyl halides is 3. The van der Waals surface area contributed by atoms with Crippen molar-refractivity contribution >= 4 is 11.6 Å². The van der Waals surface area contributed by atoms with Crippen molar-refractivity contribution in [2.24, 2.45) is 0 Å². The van der Waals surface area contributed by atoms with Gasteiger partial charge in [0.1, 0.15) is 0 Å². The second-order valence-corrected chi connectivity index (χ2v) is 8.19. The first-order valence-electron chi connectivity index (χ1n) is 9.71. The third-order valence-electron chi connectivity index (χ3n) is 4.61. The van der Waals surface area contributed by atoms with Gasteiger partial charge in [0.05, 0.1) is 12.1 Å². The molecule has 0 unspecified atom stereocenters. The molecule has 0 radical (unpaired) electrons. The summed E-state index contributed by atoms with van der Waals surface area (Å²) in [6, 6.07) is 5.41.